The molecule has 0 spiro atoms. The number of anilines is 2. The first-order chi connectivity index (χ1) is 9.08. The molecule has 2 rings (SSSR count). The van der Waals surface area contributed by atoms with E-state index < -0.39 is 6.09 Å². The van der Waals surface area contributed by atoms with Gasteiger partial charge in [0.25, 0.3) is 5.95 Å². The van der Waals surface area contributed by atoms with Crippen LogP contribution in [0.3, 0.4) is 0 Å². The van der Waals surface area contributed by atoms with Crippen molar-refractivity contribution in [3.63, 3.8) is 0 Å². The fourth-order valence-electron chi connectivity index (χ4n) is 1.61. The standard InChI is InChI=1S/C12H17N5O2/c1-4-19-12(18)15-11-14-10-6-5-9(13-8(2)3)7-17(10)16-11/h5-8,13H,4H2,1-3H3,(H,15,16,18). The van der Waals surface area contributed by atoms with Crippen molar-refractivity contribution in [2.75, 3.05) is 17.2 Å². The van der Waals surface area contributed by atoms with Gasteiger partial charge in [-0.15, -0.1) is 5.10 Å². The Hall–Kier alpha value is -2.31. The zero-order chi connectivity index (χ0) is 13.8. The van der Waals surface area contributed by atoms with Crippen LogP contribution in [-0.4, -0.2) is 33.3 Å². The van der Waals surface area contributed by atoms with E-state index in [4.69, 9.17) is 4.74 Å². The summed E-state index contributed by atoms with van der Waals surface area (Å²) in [7, 11) is 0. The van der Waals surface area contributed by atoms with E-state index in [1.54, 1.807) is 11.4 Å². The molecule has 0 atom stereocenters. The Morgan fingerprint density at radius 2 is 2.26 bits per heavy atom. The van der Waals surface area contributed by atoms with Gasteiger partial charge in [0.2, 0.25) is 0 Å². The molecule has 19 heavy (non-hydrogen) atoms. The summed E-state index contributed by atoms with van der Waals surface area (Å²) < 4.78 is 6.37. The SMILES string of the molecule is CCOC(=O)Nc1nc2ccc(NC(C)C)cn2n1. The number of pyridine rings is 1. The third-order valence-corrected chi connectivity index (χ3v) is 2.28. The van der Waals surface area contributed by atoms with Crippen LogP contribution in [0.5, 0.6) is 0 Å². The highest BCUT2D eigenvalue weighted by Gasteiger charge is 2.08. The number of fused-ring (bicyclic) bond motifs is 1. The zero-order valence-electron chi connectivity index (χ0n) is 11.2. The summed E-state index contributed by atoms with van der Waals surface area (Å²) >= 11 is 0. The lowest BCUT2D eigenvalue weighted by molar-refractivity contribution is 0.167. The van der Waals surface area contributed by atoms with Crippen LogP contribution in [-0.2, 0) is 4.74 Å². The number of ether oxygens (including phenoxy) is 1. The molecule has 0 fully saturated rings. The molecule has 0 aromatic carbocycles. The molecule has 7 heteroatoms. The van der Waals surface area contributed by atoms with Crippen molar-refractivity contribution in [1.82, 2.24) is 14.6 Å². The molecule has 0 aliphatic carbocycles. The molecule has 0 aliphatic rings. The first-order valence-corrected chi connectivity index (χ1v) is 6.15. The van der Waals surface area contributed by atoms with Gasteiger partial charge in [0.05, 0.1) is 18.5 Å². The largest absolute Gasteiger partial charge is 0.450 e. The lowest BCUT2D eigenvalue weighted by Crippen LogP contribution is -2.14. The van der Waals surface area contributed by atoms with E-state index in [1.165, 1.54) is 0 Å². The third kappa shape index (κ3) is 3.34. The van der Waals surface area contributed by atoms with E-state index in [0.717, 1.165) is 5.69 Å². The average molecular weight is 263 g/mol. The van der Waals surface area contributed by atoms with Gasteiger partial charge in [0.1, 0.15) is 0 Å². The van der Waals surface area contributed by atoms with E-state index in [9.17, 15) is 4.79 Å². The molecule has 0 aliphatic heterocycles. The van der Waals surface area contributed by atoms with Gasteiger partial charge in [-0.25, -0.2) is 9.31 Å². The van der Waals surface area contributed by atoms with Crippen LogP contribution in [0.2, 0.25) is 0 Å². The summed E-state index contributed by atoms with van der Waals surface area (Å²) in [5.74, 6) is 0.222. The second kappa shape index (κ2) is 5.55. The number of hydrogen-bond donors (Lipinski definition) is 2. The molecule has 102 valence electrons. The van der Waals surface area contributed by atoms with Crippen LogP contribution in [0.4, 0.5) is 16.4 Å². The van der Waals surface area contributed by atoms with Crippen LogP contribution in [0.15, 0.2) is 18.3 Å². The number of nitrogens with one attached hydrogen (secondary N) is 2. The summed E-state index contributed by atoms with van der Waals surface area (Å²) in [6.45, 7) is 6.15. The molecule has 2 aromatic heterocycles. The highest BCUT2D eigenvalue weighted by atomic mass is 16.5. The Morgan fingerprint density at radius 3 is 2.95 bits per heavy atom. The van der Waals surface area contributed by atoms with Crippen molar-refractivity contribution in [3.8, 4) is 0 Å². The number of aromatic nitrogens is 3. The number of carbonyl (C=O) groups excluding carboxylic acids is 1. The van der Waals surface area contributed by atoms with Gasteiger partial charge in [0, 0.05) is 6.04 Å². The Balaban J connectivity index is 2.18. The Labute approximate surface area is 111 Å². The maximum Gasteiger partial charge on any atom is 0.414 e. The molecule has 2 N–H and O–H groups in total. The molecule has 7 nitrogen and oxygen atoms in total. The smallest absolute Gasteiger partial charge is 0.414 e. The van der Waals surface area contributed by atoms with Crippen LogP contribution >= 0.6 is 0 Å². The van der Waals surface area contributed by atoms with Gasteiger partial charge in [-0.05, 0) is 32.9 Å². The maximum absolute atomic E-state index is 11.3. The fraction of sp³-hybridized carbons (Fsp3) is 0.417. The van der Waals surface area contributed by atoms with Crippen molar-refractivity contribution >= 4 is 23.4 Å². The topological polar surface area (TPSA) is 80.5 Å². The number of amides is 1. The minimum Gasteiger partial charge on any atom is -0.450 e. The van der Waals surface area contributed by atoms with E-state index in [1.807, 2.05) is 18.3 Å². The Kier molecular flexibility index (Phi) is 3.84. The molecule has 0 unspecified atom stereocenters. The predicted molar refractivity (Wildman–Crippen MR) is 72.4 cm³/mol. The van der Waals surface area contributed by atoms with E-state index in [-0.39, 0.29) is 5.95 Å². The summed E-state index contributed by atoms with van der Waals surface area (Å²) in [6.07, 6.45) is 1.26. The number of hydrogen-bond acceptors (Lipinski definition) is 5. The molecule has 2 aromatic rings. The highest BCUT2D eigenvalue weighted by molar-refractivity contribution is 5.82. The Morgan fingerprint density at radius 1 is 1.47 bits per heavy atom. The maximum atomic E-state index is 11.3. The molecule has 0 saturated heterocycles. The van der Waals surface area contributed by atoms with E-state index >= 15 is 0 Å². The van der Waals surface area contributed by atoms with Crippen LogP contribution in [0.1, 0.15) is 20.8 Å². The second-order valence-corrected chi connectivity index (χ2v) is 4.30. The van der Waals surface area contributed by atoms with Crippen molar-refractivity contribution in [3.05, 3.63) is 18.3 Å². The molecule has 0 bridgehead atoms. The van der Waals surface area contributed by atoms with Crippen molar-refractivity contribution in [2.45, 2.75) is 26.8 Å². The lowest BCUT2D eigenvalue weighted by Gasteiger charge is -2.08. The van der Waals surface area contributed by atoms with E-state index in [2.05, 4.69) is 34.6 Å². The normalized spacial score (nSPS) is 10.7. The van der Waals surface area contributed by atoms with Gasteiger partial charge in [-0.2, -0.15) is 4.98 Å². The molecule has 0 radical (unpaired) electrons. The Bertz CT molecular complexity index is 579. The monoisotopic (exact) mass is 263 g/mol. The first kappa shape index (κ1) is 13.1. The highest BCUT2D eigenvalue weighted by Crippen LogP contribution is 2.12. The van der Waals surface area contributed by atoms with Crippen molar-refractivity contribution in [1.29, 1.82) is 0 Å². The van der Waals surface area contributed by atoms with Gasteiger partial charge in [-0.1, -0.05) is 0 Å². The summed E-state index contributed by atoms with van der Waals surface area (Å²) in [5.41, 5.74) is 1.59. The molecule has 0 saturated carbocycles. The van der Waals surface area contributed by atoms with Crippen LogP contribution < -0.4 is 10.6 Å². The molecule has 1 amide bonds. The van der Waals surface area contributed by atoms with E-state index in [0.29, 0.717) is 18.3 Å². The summed E-state index contributed by atoms with van der Waals surface area (Å²) in [4.78, 5) is 15.4. The molecular weight excluding hydrogens is 246 g/mol. The van der Waals surface area contributed by atoms with Crippen molar-refractivity contribution < 1.29 is 9.53 Å². The van der Waals surface area contributed by atoms with Crippen LogP contribution in [0.25, 0.3) is 5.65 Å². The number of nitrogens with zero attached hydrogens (tertiary/aromatic N) is 3. The minimum absolute atomic E-state index is 0.222. The molecule has 2 heterocycles. The first-order valence-electron chi connectivity index (χ1n) is 6.15. The zero-order valence-corrected chi connectivity index (χ0v) is 11.2. The fourth-order valence-corrected chi connectivity index (χ4v) is 1.61. The van der Waals surface area contributed by atoms with Crippen molar-refractivity contribution in [2.24, 2.45) is 0 Å². The minimum atomic E-state index is -0.557. The lowest BCUT2D eigenvalue weighted by atomic mass is 10.3. The van der Waals surface area contributed by atoms with Gasteiger partial charge >= 0.3 is 6.09 Å². The summed E-state index contributed by atoms with van der Waals surface area (Å²) in [5, 5.41) is 9.89. The number of rotatable bonds is 4. The van der Waals surface area contributed by atoms with Gasteiger partial charge < -0.3 is 10.1 Å². The second-order valence-electron chi connectivity index (χ2n) is 4.30. The predicted octanol–water partition coefficient (Wildman–Crippen LogP) is 2.12. The van der Waals surface area contributed by atoms with Crippen LogP contribution in [0, 0.1) is 0 Å². The third-order valence-electron chi connectivity index (χ3n) is 2.28. The molecular formula is C12H17N5O2. The average Bonchev–Trinajstić information content (AvgIpc) is 2.69. The summed E-state index contributed by atoms with van der Waals surface area (Å²) in [6, 6.07) is 4.07. The number of carbonyl (C=O) groups is 1. The van der Waals surface area contributed by atoms with Gasteiger partial charge in [-0.3, -0.25) is 5.32 Å². The quantitative estimate of drug-likeness (QED) is 0.883. The van der Waals surface area contributed by atoms with Gasteiger partial charge in [0.15, 0.2) is 5.65 Å².